The van der Waals surface area contributed by atoms with Crippen molar-refractivity contribution in [2.45, 2.75) is 38.5 Å². The molecule has 1 aliphatic rings. The zero-order chi connectivity index (χ0) is 18.7. The van der Waals surface area contributed by atoms with Crippen molar-refractivity contribution in [1.29, 1.82) is 0 Å². The molecule has 1 nitrogen and oxygen atoms in total. The summed E-state index contributed by atoms with van der Waals surface area (Å²) in [6.45, 7) is 3.74. The number of hydrogen-bond acceptors (Lipinski definition) is 1. The summed E-state index contributed by atoms with van der Waals surface area (Å²) in [5.41, 5.74) is 2.71. The van der Waals surface area contributed by atoms with Gasteiger partial charge in [-0.15, -0.1) is 19.8 Å². The molecule has 0 saturated carbocycles. The minimum Gasteiger partial charge on any atom is -0.406 e. The highest BCUT2D eigenvalue weighted by Gasteiger charge is 2.31. The standard InChI is InChI=1S/C21H20F4O/c1-2-3-4-14-5-11-19-16(13-14)8-12-18(20(19)22)15-6-9-17(10-7-15)26-21(23,24)25/h2,6-10,12,14H,1,3-5,11,13H2. The lowest BCUT2D eigenvalue weighted by Gasteiger charge is -2.25. The molecule has 0 heterocycles. The normalized spacial score (nSPS) is 16.8. The maximum Gasteiger partial charge on any atom is 0.573 e. The van der Waals surface area contributed by atoms with Gasteiger partial charge in [0.25, 0.3) is 0 Å². The topological polar surface area (TPSA) is 9.23 Å². The van der Waals surface area contributed by atoms with Gasteiger partial charge >= 0.3 is 6.36 Å². The smallest absolute Gasteiger partial charge is 0.406 e. The second-order valence-electron chi connectivity index (χ2n) is 6.61. The molecule has 0 fully saturated rings. The molecule has 2 aromatic rings. The maximum atomic E-state index is 15.0. The number of ether oxygens (including phenoxy) is 1. The highest BCUT2D eigenvalue weighted by Crippen LogP contribution is 2.35. The number of rotatable bonds is 5. The molecule has 2 aromatic carbocycles. The first-order valence-corrected chi connectivity index (χ1v) is 8.64. The quantitative estimate of drug-likeness (QED) is 0.437. The van der Waals surface area contributed by atoms with Crippen LogP contribution in [0.15, 0.2) is 49.1 Å². The maximum absolute atomic E-state index is 15.0. The first-order chi connectivity index (χ1) is 12.4. The van der Waals surface area contributed by atoms with Gasteiger partial charge in [-0.05, 0) is 66.8 Å². The van der Waals surface area contributed by atoms with Crippen molar-refractivity contribution < 1.29 is 22.3 Å². The average Bonchev–Trinajstić information content (AvgIpc) is 2.60. The van der Waals surface area contributed by atoms with Crippen molar-refractivity contribution in [2.24, 2.45) is 5.92 Å². The predicted octanol–water partition coefficient (Wildman–Crippen LogP) is 6.46. The second kappa shape index (κ2) is 7.52. The van der Waals surface area contributed by atoms with E-state index in [0.717, 1.165) is 36.8 Å². The van der Waals surface area contributed by atoms with E-state index < -0.39 is 6.36 Å². The van der Waals surface area contributed by atoms with Crippen LogP contribution in [0.3, 0.4) is 0 Å². The fraction of sp³-hybridized carbons (Fsp3) is 0.333. The summed E-state index contributed by atoms with van der Waals surface area (Å²) in [5, 5.41) is 0. The van der Waals surface area contributed by atoms with E-state index in [0.29, 0.717) is 23.5 Å². The molecule has 0 bridgehead atoms. The first kappa shape index (κ1) is 18.5. The molecule has 0 aromatic heterocycles. The van der Waals surface area contributed by atoms with Crippen molar-refractivity contribution >= 4 is 0 Å². The molecule has 0 radical (unpaired) electrons. The van der Waals surface area contributed by atoms with Crippen LogP contribution in [0.5, 0.6) is 5.75 Å². The fourth-order valence-electron chi connectivity index (χ4n) is 3.54. The molecule has 0 saturated heterocycles. The molecule has 0 N–H and O–H groups in total. The zero-order valence-electron chi connectivity index (χ0n) is 14.3. The molecule has 5 heteroatoms. The number of alkyl halides is 3. The van der Waals surface area contributed by atoms with Gasteiger partial charge in [0.15, 0.2) is 0 Å². The van der Waals surface area contributed by atoms with E-state index in [1.54, 1.807) is 6.07 Å². The molecular weight excluding hydrogens is 344 g/mol. The third-order valence-corrected chi connectivity index (χ3v) is 4.83. The largest absolute Gasteiger partial charge is 0.573 e. The highest BCUT2D eigenvalue weighted by atomic mass is 19.4. The summed E-state index contributed by atoms with van der Waals surface area (Å²) >= 11 is 0. The van der Waals surface area contributed by atoms with Crippen molar-refractivity contribution in [2.75, 3.05) is 0 Å². The molecule has 26 heavy (non-hydrogen) atoms. The first-order valence-electron chi connectivity index (χ1n) is 8.64. The average molecular weight is 364 g/mol. The van der Waals surface area contributed by atoms with Crippen LogP contribution in [0.4, 0.5) is 17.6 Å². The fourth-order valence-corrected chi connectivity index (χ4v) is 3.54. The van der Waals surface area contributed by atoms with E-state index in [1.807, 2.05) is 12.1 Å². The predicted molar refractivity (Wildman–Crippen MR) is 93.5 cm³/mol. The van der Waals surface area contributed by atoms with Crippen LogP contribution in [0.25, 0.3) is 11.1 Å². The lowest BCUT2D eigenvalue weighted by atomic mass is 9.80. The number of allylic oxidation sites excluding steroid dienone is 1. The Balaban J connectivity index is 1.81. The van der Waals surface area contributed by atoms with Gasteiger partial charge in [0.05, 0.1) is 0 Å². The third kappa shape index (κ3) is 4.26. The van der Waals surface area contributed by atoms with E-state index in [4.69, 9.17) is 0 Å². The molecule has 3 rings (SSSR count). The van der Waals surface area contributed by atoms with Crippen molar-refractivity contribution in [1.82, 2.24) is 0 Å². The van der Waals surface area contributed by atoms with Gasteiger partial charge in [0.2, 0.25) is 0 Å². The number of hydrogen-bond donors (Lipinski definition) is 0. The van der Waals surface area contributed by atoms with Crippen LogP contribution in [-0.4, -0.2) is 6.36 Å². The van der Waals surface area contributed by atoms with E-state index in [-0.39, 0.29) is 11.6 Å². The molecule has 138 valence electrons. The summed E-state index contributed by atoms with van der Waals surface area (Å²) in [5.74, 6) is -0.0385. The molecule has 0 spiro atoms. The Bertz CT molecular complexity index is 778. The van der Waals surface area contributed by atoms with Crippen LogP contribution in [0.1, 0.15) is 30.4 Å². The van der Waals surface area contributed by atoms with Gasteiger partial charge in [-0.2, -0.15) is 0 Å². The minimum atomic E-state index is -4.74. The van der Waals surface area contributed by atoms with E-state index in [9.17, 15) is 17.6 Å². The summed E-state index contributed by atoms with van der Waals surface area (Å²) < 4.78 is 55.5. The van der Waals surface area contributed by atoms with Gasteiger partial charge in [-0.25, -0.2) is 4.39 Å². The van der Waals surface area contributed by atoms with Gasteiger partial charge in [0.1, 0.15) is 11.6 Å². The van der Waals surface area contributed by atoms with Crippen LogP contribution < -0.4 is 4.74 Å². The number of halogens is 4. The Kier molecular flexibility index (Phi) is 5.35. The molecule has 0 aliphatic heterocycles. The second-order valence-corrected chi connectivity index (χ2v) is 6.61. The van der Waals surface area contributed by atoms with Gasteiger partial charge in [-0.3, -0.25) is 0 Å². The van der Waals surface area contributed by atoms with Gasteiger partial charge in [0, 0.05) is 5.56 Å². The summed E-state index contributed by atoms with van der Waals surface area (Å²) in [6, 6.07) is 8.95. The summed E-state index contributed by atoms with van der Waals surface area (Å²) in [6.07, 6.45) is 1.69. The SMILES string of the molecule is C=CCCC1CCc2c(ccc(-c3ccc(OC(F)(F)F)cc3)c2F)C1. The van der Waals surface area contributed by atoms with Gasteiger partial charge in [-0.1, -0.05) is 30.3 Å². The number of fused-ring (bicyclic) bond motifs is 1. The Labute approximate surface area is 150 Å². The van der Waals surface area contributed by atoms with Crippen LogP contribution >= 0.6 is 0 Å². The molecular formula is C21H20F4O. The summed E-state index contributed by atoms with van der Waals surface area (Å²) in [4.78, 5) is 0. The zero-order valence-corrected chi connectivity index (χ0v) is 14.3. The van der Waals surface area contributed by atoms with E-state index >= 15 is 0 Å². The van der Waals surface area contributed by atoms with Crippen LogP contribution in [0.2, 0.25) is 0 Å². The highest BCUT2D eigenvalue weighted by molar-refractivity contribution is 5.66. The Morgan fingerprint density at radius 3 is 2.50 bits per heavy atom. The van der Waals surface area contributed by atoms with E-state index in [1.165, 1.54) is 24.3 Å². The molecule has 1 aliphatic carbocycles. The molecule has 1 unspecified atom stereocenters. The number of benzene rings is 2. The third-order valence-electron chi connectivity index (χ3n) is 4.83. The van der Waals surface area contributed by atoms with Crippen molar-refractivity contribution in [3.8, 4) is 16.9 Å². The van der Waals surface area contributed by atoms with Crippen molar-refractivity contribution in [3.05, 3.63) is 66.0 Å². The Morgan fingerprint density at radius 2 is 1.85 bits per heavy atom. The summed E-state index contributed by atoms with van der Waals surface area (Å²) in [7, 11) is 0. The monoisotopic (exact) mass is 364 g/mol. The molecule has 1 atom stereocenters. The minimum absolute atomic E-state index is 0.269. The Hall–Kier alpha value is -2.30. The lowest BCUT2D eigenvalue weighted by Crippen LogP contribution is -2.17. The van der Waals surface area contributed by atoms with E-state index in [2.05, 4.69) is 11.3 Å². The lowest BCUT2D eigenvalue weighted by molar-refractivity contribution is -0.274. The van der Waals surface area contributed by atoms with Gasteiger partial charge < -0.3 is 4.74 Å². The molecule has 0 amide bonds. The Morgan fingerprint density at radius 1 is 1.12 bits per heavy atom. The van der Waals surface area contributed by atoms with Crippen molar-refractivity contribution in [3.63, 3.8) is 0 Å². The van der Waals surface area contributed by atoms with Crippen LogP contribution in [-0.2, 0) is 12.8 Å². The van der Waals surface area contributed by atoms with Crippen LogP contribution in [0, 0.1) is 11.7 Å².